The predicted molar refractivity (Wildman–Crippen MR) is 151 cm³/mol. The number of nitrogen functional groups attached to an aromatic ring is 1. The lowest BCUT2D eigenvalue weighted by Gasteiger charge is -2.42. The number of likely N-dealkylation sites (tertiary alicyclic amines) is 1. The number of nitrogens with two attached hydrogens (primary N) is 1. The standard InChI is InChI=1S/C29H36FN9O/c1-4-36-12-14-38(15-13-36)29(2,3)16-20(17-31)28(40)37-11-7-8-21(18-37)39-27-24(26(32)33-19-34-27)25(35-39)22-9-5-6-10-23(22)30/h5-6,9-10,16,19,21H,4,7-8,11-15,18H2,1-3H3,(H2,32,33,34)/b20-16+. The molecule has 2 aliphatic rings. The first-order valence-electron chi connectivity index (χ1n) is 13.9. The summed E-state index contributed by atoms with van der Waals surface area (Å²) in [6.45, 7) is 11.9. The molecule has 40 heavy (non-hydrogen) atoms. The van der Waals surface area contributed by atoms with Crippen molar-refractivity contribution in [3.8, 4) is 17.3 Å². The number of piperazine rings is 1. The lowest BCUT2D eigenvalue weighted by molar-refractivity contribution is -0.128. The van der Waals surface area contributed by atoms with Gasteiger partial charge in [0.2, 0.25) is 0 Å². The number of likely N-dealkylation sites (N-methyl/N-ethyl adjacent to an activating group) is 1. The van der Waals surface area contributed by atoms with Gasteiger partial charge >= 0.3 is 0 Å². The van der Waals surface area contributed by atoms with Crippen LogP contribution in [0.5, 0.6) is 0 Å². The zero-order valence-electron chi connectivity index (χ0n) is 23.3. The molecular weight excluding hydrogens is 509 g/mol. The van der Waals surface area contributed by atoms with Crippen LogP contribution in [0.2, 0.25) is 0 Å². The molecule has 10 nitrogen and oxygen atoms in total. The first-order valence-corrected chi connectivity index (χ1v) is 13.9. The highest BCUT2D eigenvalue weighted by Crippen LogP contribution is 2.35. The van der Waals surface area contributed by atoms with Gasteiger partial charge in [0.1, 0.15) is 35.3 Å². The molecule has 3 aromatic rings. The summed E-state index contributed by atoms with van der Waals surface area (Å²) in [5, 5.41) is 15.3. The van der Waals surface area contributed by atoms with Crippen molar-refractivity contribution in [1.29, 1.82) is 5.26 Å². The van der Waals surface area contributed by atoms with Crippen molar-refractivity contribution in [2.24, 2.45) is 0 Å². The van der Waals surface area contributed by atoms with E-state index in [4.69, 9.17) is 10.8 Å². The summed E-state index contributed by atoms with van der Waals surface area (Å²) in [6.07, 6.45) is 4.66. The van der Waals surface area contributed by atoms with Gasteiger partial charge in [0, 0.05) is 50.4 Å². The second kappa shape index (κ2) is 11.3. The van der Waals surface area contributed by atoms with Crippen LogP contribution in [0.3, 0.4) is 0 Å². The van der Waals surface area contributed by atoms with Crippen molar-refractivity contribution < 1.29 is 9.18 Å². The number of aromatic nitrogens is 4. The summed E-state index contributed by atoms with van der Waals surface area (Å²) in [6, 6.07) is 8.34. The van der Waals surface area contributed by atoms with Crippen molar-refractivity contribution in [3.63, 3.8) is 0 Å². The van der Waals surface area contributed by atoms with Crippen LogP contribution in [-0.4, -0.2) is 91.7 Å². The fourth-order valence-electron chi connectivity index (χ4n) is 5.83. The molecule has 2 saturated heterocycles. The first-order chi connectivity index (χ1) is 19.2. The zero-order chi connectivity index (χ0) is 28.4. The number of carbonyl (C=O) groups is 1. The third-order valence-corrected chi connectivity index (χ3v) is 8.16. The van der Waals surface area contributed by atoms with E-state index in [1.807, 2.05) is 6.08 Å². The maximum atomic E-state index is 14.8. The van der Waals surface area contributed by atoms with Crippen LogP contribution in [-0.2, 0) is 4.79 Å². The Morgan fingerprint density at radius 1 is 1.20 bits per heavy atom. The van der Waals surface area contributed by atoms with Gasteiger partial charge in [-0.25, -0.2) is 19.0 Å². The minimum Gasteiger partial charge on any atom is -0.383 e. The number of amides is 1. The Balaban J connectivity index is 1.41. The second-order valence-electron chi connectivity index (χ2n) is 11.0. The number of nitrogens with zero attached hydrogens (tertiary/aromatic N) is 8. The van der Waals surface area contributed by atoms with Crippen LogP contribution >= 0.6 is 0 Å². The summed E-state index contributed by atoms with van der Waals surface area (Å²) < 4.78 is 16.5. The number of hydrogen-bond donors (Lipinski definition) is 1. The number of fused-ring (bicyclic) bond motifs is 1. The molecule has 0 aliphatic carbocycles. The highest BCUT2D eigenvalue weighted by atomic mass is 19.1. The molecule has 1 unspecified atom stereocenters. The van der Waals surface area contributed by atoms with Crippen molar-refractivity contribution in [1.82, 2.24) is 34.4 Å². The number of carbonyl (C=O) groups excluding carboxylic acids is 1. The van der Waals surface area contributed by atoms with Gasteiger partial charge in [0.25, 0.3) is 5.91 Å². The lowest BCUT2D eigenvalue weighted by Crippen LogP contribution is -2.54. The number of piperidine rings is 1. The third-order valence-electron chi connectivity index (χ3n) is 8.16. The molecule has 2 aliphatic heterocycles. The SMILES string of the molecule is CCN1CCN(C(C)(C)/C=C(\C#N)C(=O)N2CCCC(n3nc(-c4ccccc4F)c4c(N)ncnc43)C2)CC1. The van der Waals surface area contributed by atoms with E-state index in [9.17, 15) is 14.4 Å². The van der Waals surface area contributed by atoms with E-state index in [-0.39, 0.29) is 23.3 Å². The Morgan fingerprint density at radius 3 is 2.65 bits per heavy atom. The minimum atomic E-state index is -0.433. The van der Waals surface area contributed by atoms with Crippen molar-refractivity contribution in [2.45, 2.75) is 45.2 Å². The molecule has 0 spiro atoms. The molecule has 1 aromatic carbocycles. The van der Waals surface area contributed by atoms with Crippen LogP contribution in [0, 0.1) is 17.1 Å². The highest BCUT2D eigenvalue weighted by Gasteiger charge is 2.33. The minimum absolute atomic E-state index is 0.146. The summed E-state index contributed by atoms with van der Waals surface area (Å²) in [5.74, 6) is -0.484. The molecule has 5 rings (SSSR count). The van der Waals surface area contributed by atoms with Crippen LogP contribution in [0.15, 0.2) is 42.2 Å². The first kappa shape index (κ1) is 27.7. The van der Waals surface area contributed by atoms with Gasteiger partial charge in [-0.2, -0.15) is 10.4 Å². The quantitative estimate of drug-likeness (QED) is 0.370. The van der Waals surface area contributed by atoms with Gasteiger partial charge in [-0.15, -0.1) is 0 Å². The van der Waals surface area contributed by atoms with Gasteiger partial charge in [0.15, 0.2) is 5.65 Å². The van der Waals surface area contributed by atoms with Gasteiger partial charge in [-0.1, -0.05) is 19.1 Å². The largest absolute Gasteiger partial charge is 0.383 e. The summed E-state index contributed by atoms with van der Waals surface area (Å²) in [7, 11) is 0. The van der Waals surface area contributed by atoms with E-state index in [0.29, 0.717) is 35.4 Å². The summed E-state index contributed by atoms with van der Waals surface area (Å²) >= 11 is 0. The van der Waals surface area contributed by atoms with E-state index in [1.165, 1.54) is 12.4 Å². The number of nitriles is 1. The molecule has 1 atom stereocenters. The van der Waals surface area contributed by atoms with E-state index in [0.717, 1.165) is 45.6 Å². The molecule has 0 saturated carbocycles. The van der Waals surface area contributed by atoms with Crippen molar-refractivity contribution in [3.05, 3.63) is 48.1 Å². The topological polar surface area (TPSA) is 120 Å². The molecular formula is C29H36FN9O. The average Bonchev–Trinajstić information content (AvgIpc) is 3.36. The molecule has 4 heterocycles. The smallest absolute Gasteiger partial charge is 0.264 e. The number of benzene rings is 1. The predicted octanol–water partition coefficient (Wildman–Crippen LogP) is 3.24. The van der Waals surface area contributed by atoms with Crippen LogP contribution < -0.4 is 5.73 Å². The van der Waals surface area contributed by atoms with E-state index in [2.05, 4.69) is 46.6 Å². The zero-order valence-corrected chi connectivity index (χ0v) is 23.3. The Kier molecular flexibility index (Phi) is 7.83. The normalized spacial score (nSPS) is 19.6. The van der Waals surface area contributed by atoms with Gasteiger partial charge in [-0.05, 0) is 51.4 Å². The van der Waals surface area contributed by atoms with Gasteiger partial charge < -0.3 is 15.5 Å². The number of hydrogen-bond acceptors (Lipinski definition) is 8. The fourth-order valence-corrected chi connectivity index (χ4v) is 5.83. The molecule has 210 valence electrons. The van der Waals surface area contributed by atoms with Crippen molar-refractivity contribution >= 4 is 22.8 Å². The lowest BCUT2D eigenvalue weighted by atomic mass is 9.96. The van der Waals surface area contributed by atoms with Crippen LogP contribution in [0.1, 0.15) is 39.7 Å². The molecule has 0 radical (unpaired) electrons. The Morgan fingerprint density at radius 2 is 1.95 bits per heavy atom. The van der Waals surface area contributed by atoms with Crippen LogP contribution in [0.4, 0.5) is 10.2 Å². The summed E-state index contributed by atoms with van der Waals surface area (Å²) in [4.78, 5) is 28.6. The second-order valence-corrected chi connectivity index (χ2v) is 11.0. The monoisotopic (exact) mass is 545 g/mol. The van der Waals surface area contributed by atoms with E-state index >= 15 is 0 Å². The van der Waals surface area contributed by atoms with Crippen LogP contribution in [0.25, 0.3) is 22.3 Å². The Labute approximate surface area is 233 Å². The number of halogens is 1. The molecule has 0 bridgehead atoms. The fraction of sp³-hybridized carbons (Fsp3) is 0.483. The highest BCUT2D eigenvalue weighted by molar-refractivity contribution is 5.99. The number of anilines is 1. The molecule has 11 heteroatoms. The maximum Gasteiger partial charge on any atom is 0.264 e. The Hall–Kier alpha value is -3.88. The Bertz CT molecular complexity index is 1470. The third kappa shape index (κ3) is 5.29. The molecule has 2 aromatic heterocycles. The van der Waals surface area contributed by atoms with E-state index < -0.39 is 11.4 Å². The van der Waals surface area contributed by atoms with Gasteiger partial charge in [0.05, 0.1) is 11.4 Å². The van der Waals surface area contributed by atoms with E-state index in [1.54, 1.807) is 27.8 Å². The van der Waals surface area contributed by atoms with Gasteiger partial charge in [-0.3, -0.25) is 9.69 Å². The average molecular weight is 546 g/mol. The molecule has 2 N–H and O–H groups in total. The molecule has 1 amide bonds. The van der Waals surface area contributed by atoms with Crippen molar-refractivity contribution in [2.75, 3.05) is 51.5 Å². The number of rotatable bonds is 6. The maximum absolute atomic E-state index is 14.8. The molecule has 2 fully saturated rings. The summed E-state index contributed by atoms with van der Waals surface area (Å²) in [5.41, 5.74) is 7.11.